The number of hydrogen-bond acceptors (Lipinski definition) is 1. The van der Waals surface area contributed by atoms with E-state index in [4.69, 9.17) is 0 Å². The summed E-state index contributed by atoms with van der Waals surface area (Å²) in [6, 6.07) is 8.23. The van der Waals surface area contributed by atoms with Crippen LogP contribution < -0.4 is 0 Å². The van der Waals surface area contributed by atoms with E-state index in [0.717, 1.165) is 30.2 Å². The minimum atomic E-state index is -0.616. The average Bonchev–Trinajstić information content (AvgIpc) is 2.38. The van der Waals surface area contributed by atoms with Gasteiger partial charge in [0, 0.05) is 4.47 Å². The van der Waals surface area contributed by atoms with Crippen molar-refractivity contribution in [1.82, 2.24) is 0 Å². The number of rotatable bonds is 4. The van der Waals surface area contributed by atoms with Gasteiger partial charge in [0.25, 0.3) is 0 Å². The Bertz CT molecular complexity index is 444. The fraction of sp³-hybridized carbons (Fsp3) is 0.562. The van der Waals surface area contributed by atoms with Crippen molar-refractivity contribution in [3.63, 3.8) is 0 Å². The fourth-order valence-electron chi connectivity index (χ4n) is 3.25. The first-order valence-electron chi connectivity index (χ1n) is 7.07. The van der Waals surface area contributed by atoms with Gasteiger partial charge in [0.05, 0.1) is 5.92 Å². The van der Waals surface area contributed by atoms with Gasteiger partial charge in [-0.3, -0.25) is 4.79 Å². The quantitative estimate of drug-likeness (QED) is 0.884. The van der Waals surface area contributed by atoms with Crippen molar-refractivity contribution in [3.05, 3.63) is 34.3 Å². The summed E-state index contributed by atoms with van der Waals surface area (Å²) in [7, 11) is 0. The number of hydrogen-bond donors (Lipinski definition) is 1. The van der Waals surface area contributed by atoms with Crippen molar-refractivity contribution in [1.29, 1.82) is 0 Å². The summed E-state index contributed by atoms with van der Waals surface area (Å²) < 4.78 is 1.07. The maximum atomic E-state index is 11.4. The van der Waals surface area contributed by atoms with Crippen LogP contribution in [0.15, 0.2) is 28.7 Å². The molecule has 1 N–H and O–H groups in total. The highest BCUT2D eigenvalue weighted by molar-refractivity contribution is 9.10. The molecule has 0 aromatic heterocycles. The molecule has 0 bridgehead atoms. The summed E-state index contributed by atoms with van der Waals surface area (Å²) in [5.74, 6) is 0.203. The molecular formula is C16H21BrO2. The first kappa shape index (κ1) is 14.6. The molecule has 0 spiro atoms. The van der Waals surface area contributed by atoms with Crippen LogP contribution in [0.25, 0.3) is 0 Å². The van der Waals surface area contributed by atoms with E-state index >= 15 is 0 Å². The molecule has 0 amide bonds. The Morgan fingerprint density at radius 2 is 2.21 bits per heavy atom. The van der Waals surface area contributed by atoms with Gasteiger partial charge in [-0.05, 0) is 55.2 Å². The summed E-state index contributed by atoms with van der Waals surface area (Å²) in [6.45, 7) is 2.21. The maximum absolute atomic E-state index is 11.4. The lowest BCUT2D eigenvalue weighted by Gasteiger charge is -2.33. The summed E-state index contributed by atoms with van der Waals surface area (Å²) in [6.07, 6.45) is 5.02. The van der Waals surface area contributed by atoms with E-state index in [1.807, 2.05) is 12.1 Å². The second-order valence-electron chi connectivity index (χ2n) is 5.63. The third-order valence-corrected chi connectivity index (χ3v) is 4.87. The molecule has 0 saturated heterocycles. The third-order valence-electron chi connectivity index (χ3n) is 4.37. The molecule has 1 aliphatic carbocycles. The number of halogens is 1. The number of benzene rings is 1. The molecule has 2 rings (SSSR count). The second kappa shape index (κ2) is 6.56. The molecule has 1 aromatic carbocycles. The van der Waals surface area contributed by atoms with E-state index < -0.39 is 5.97 Å². The van der Waals surface area contributed by atoms with Crippen LogP contribution in [0.2, 0.25) is 0 Å². The highest BCUT2D eigenvalue weighted by Crippen LogP contribution is 2.37. The molecule has 1 fully saturated rings. The molecule has 1 aromatic rings. The topological polar surface area (TPSA) is 37.3 Å². The molecule has 104 valence electrons. The van der Waals surface area contributed by atoms with Crippen molar-refractivity contribution in [2.45, 2.75) is 39.0 Å². The molecule has 0 aliphatic heterocycles. The Morgan fingerprint density at radius 3 is 2.84 bits per heavy atom. The van der Waals surface area contributed by atoms with Gasteiger partial charge in [-0.1, -0.05) is 41.4 Å². The van der Waals surface area contributed by atoms with Gasteiger partial charge in [-0.2, -0.15) is 0 Å². The van der Waals surface area contributed by atoms with Crippen LogP contribution in [-0.4, -0.2) is 11.1 Å². The fourth-order valence-corrected chi connectivity index (χ4v) is 3.70. The van der Waals surface area contributed by atoms with E-state index in [1.165, 1.54) is 12.0 Å². The predicted molar refractivity (Wildman–Crippen MR) is 80.1 cm³/mol. The Balaban J connectivity index is 2.11. The van der Waals surface area contributed by atoms with Crippen molar-refractivity contribution in [3.8, 4) is 0 Å². The van der Waals surface area contributed by atoms with E-state index in [0.29, 0.717) is 5.92 Å². The first-order chi connectivity index (χ1) is 9.10. The lowest BCUT2D eigenvalue weighted by Crippen LogP contribution is -2.31. The van der Waals surface area contributed by atoms with Crippen LogP contribution in [0.3, 0.4) is 0 Å². The first-order valence-corrected chi connectivity index (χ1v) is 7.86. The Labute approximate surface area is 123 Å². The Hall–Kier alpha value is -0.830. The van der Waals surface area contributed by atoms with Crippen LogP contribution in [0.4, 0.5) is 0 Å². The van der Waals surface area contributed by atoms with Gasteiger partial charge in [0.2, 0.25) is 0 Å². The minimum absolute atomic E-state index is 0.165. The van der Waals surface area contributed by atoms with Gasteiger partial charge in [0.1, 0.15) is 0 Å². The van der Waals surface area contributed by atoms with Gasteiger partial charge in [-0.15, -0.1) is 0 Å². The predicted octanol–water partition coefficient (Wildman–Crippen LogP) is 4.52. The molecule has 19 heavy (non-hydrogen) atoms. The Morgan fingerprint density at radius 1 is 1.42 bits per heavy atom. The van der Waals surface area contributed by atoms with Crippen molar-refractivity contribution >= 4 is 21.9 Å². The van der Waals surface area contributed by atoms with Crippen molar-refractivity contribution in [2.75, 3.05) is 0 Å². The maximum Gasteiger partial charge on any atom is 0.306 e. The lowest BCUT2D eigenvalue weighted by molar-refractivity contribution is -0.145. The summed E-state index contributed by atoms with van der Waals surface area (Å²) in [5.41, 5.74) is 1.24. The van der Waals surface area contributed by atoms with Gasteiger partial charge in [-0.25, -0.2) is 0 Å². The molecule has 2 nitrogen and oxygen atoms in total. The van der Waals surface area contributed by atoms with Crippen LogP contribution >= 0.6 is 15.9 Å². The molecule has 3 heteroatoms. The van der Waals surface area contributed by atoms with E-state index in [9.17, 15) is 9.90 Å². The lowest BCUT2D eigenvalue weighted by atomic mass is 9.71. The monoisotopic (exact) mass is 324 g/mol. The van der Waals surface area contributed by atoms with Gasteiger partial charge >= 0.3 is 5.97 Å². The number of carbonyl (C=O) groups is 1. The largest absolute Gasteiger partial charge is 0.481 e. The summed E-state index contributed by atoms with van der Waals surface area (Å²) >= 11 is 3.48. The molecule has 3 atom stereocenters. The smallest absolute Gasteiger partial charge is 0.306 e. The minimum Gasteiger partial charge on any atom is -0.481 e. The van der Waals surface area contributed by atoms with Crippen LogP contribution in [0.1, 0.15) is 38.2 Å². The number of carboxylic acid groups (broad SMARTS) is 1. The van der Waals surface area contributed by atoms with E-state index in [-0.39, 0.29) is 11.8 Å². The van der Waals surface area contributed by atoms with Gasteiger partial charge < -0.3 is 5.11 Å². The van der Waals surface area contributed by atoms with Crippen LogP contribution in [0, 0.1) is 17.8 Å². The zero-order chi connectivity index (χ0) is 13.8. The number of carboxylic acids is 1. The molecular weight excluding hydrogens is 304 g/mol. The zero-order valence-electron chi connectivity index (χ0n) is 11.3. The molecule has 1 saturated carbocycles. The highest BCUT2D eigenvalue weighted by Gasteiger charge is 2.34. The summed E-state index contributed by atoms with van der Waals surface area (Å²) in [4.78, 5) is 11.4. The van der Waals surface area contributed by atoms with Crippen molar-refractivity contribution in [2.24, 2.45) is 17.8 Å². The summed E-state index contributed by atoms with van der Waals surface area (Å²) in [5, 5.41) is 9.39. The van der Waals surface area contributed by atoms with E-state index in [2.05, 4.69) is 35.0 Å². The standard InChI is InChI=1S/C16H21BrO2/c1-2-11-6-7-15(16(18)19)13(8-11)9-12-4-3-5-14(17)10-12/h3-5,10-11,13,15H,2,6-9H2,1H3,(H,18,19). The van der Waals surface area contributed by atoms with E-state index in [1.54, 1.807) is 0 Å². The highest BCUT2D eigenvalue weighted by atomic mass is 79.9. The number of aliphatic carboxylic acids is 1. The van der Waals surface area contributed by atoms with Crippen molar-refractivity contribution < 1.29 is 9.90 Å². The molecule has 3 unspecified atom stereocenters. The van der Waals surface area contributed by atoms with Gasteiger partial charge in [0.15, 0.2) is 0 Å². The molecule has 0 radical (unpaired) electrons. The van der Waals surface area contributed by atoms with Crippen LogP contribution in [0.5, 0.6) is 0 Å². The normalized spacial score (nSPS) is 27.2. The Kier molecular flexibility index (Phi) is 5.03. The SMILES string of the molecule is CCC1CCC(C(=O)O)C(Cc2cccc(Br)c2)C1. The molecule has 0 heterocycles. The third kappa shape index (κ3) is 3.82. The second-order valence-corrected chi connectivity index (χ2v) is 6.54. The molecule has 1 aliphatic rings. The zero-order valence-corrected chi connectivity index (χ0v) is 12.9. The van der Waals surface area contributed by atoms with Crippen LogP contribution in [-0.2, 0) is 11.2 Å². The average molecular weight is 325 g/mol.